The molecule has 2 rings (SSSR count). The number of benzene rings is 1. The fraction of sp³-hybridized carbons (Fsp3) is 0.562. The maximum Gasteiger partial charge on any atom is 0.237 e. The zero-order valence-electron chi connectivity index (χ0n) is 12.9. The van der Waals surface area contributed by atoms with E-state index in [-0.39, 0.29) is 24.2 Å². The Kier molecular flexibility index (Phi) is 8.24. The van der Waals surface area contributed by atoms with Crippen LogP contribution in [0.5, 0.6) is 5.75 Å². The Morgan fingerprint density at radius 2 is 2.09 bits per heavy atom. The first kappa shape index (κ1) is 18.7. The second kappa shape index (κ2) is 9.66. The quantitative estimate of drug-likeness (QED) is 0.830. The van der Waals surface area contributed by atoms with Gasteiger partial charge in [0.2, 0.25) is 5.91 Å². The van der Waals surface area contributed by atoms with E-state index in [1.807, 2.05) is 24.3 Å². The molecule has 1 aromatic carbocycles. The smallest absolute Gasteiger partial charge is 0.237 e. The lowest BCUT2D eigenvalue weighted by Crippen LogP contribution is -2.47. The van der Waals surface area contributed by atoms with Crippen LogP contribution in [-0.2, 0) is 16.0 Å². The van der Waals surface area contributed by atoms with Crippen molar-refractivity contribution in [1.29, 1.82) is 0 Å². The highest BCUT2D eigenvalue weighted by molar-refractivity contribution is 5.85. The summed E-state index contributed by atoms with van der Waals surface area (Å²) in [4.78, 5) is 12.1. The number of nitrogens with one attached hydrogen (secondary N) is 1. The Bertz CT molecular complexity index is 464. The summed E-state index contributed by atoms with van der Waals surface area (Å²) in [6.07, 6.45) is 2.46. The summed E-state index contributed by atoms with van der Waals surface area (Å²) in [5.74, 6) is 1.00. The SMILES string of the molecule is COc1ccccc1CCNC(=O)C(N)C1CCOCC1.Cl. The third-order valence-electron chi connectivity index (χ3n) is 3.96. The topological polar surface area (TPSA) is 73.6 Å². The van der Waals surface area contributed by atoms with Gasteiger partial charge in [-0.05, 0) is 36.8 Å². The maximum atomic E-state index is 12.1. The summed E-state index contributed by atoms with van der Waals surface area (Å²) in [7, 11) is 1.65. The van der Waals surface area contributed by atoms with E-state index in [0.717, 1.165) is 30.6 Å². The van der Waals surface area contributed by atoms with E-state index >= 15 is 0 Å². The lowest BCUT2D eigenvalue weighted by molar-refractivity contribution is -0.124. The minimum absolute atomic E-state index is 0. The zero-order valence-corrected chi connectivity index (χ0v) is 13.7. The van der Waals surface area contributed by atoms with Crippen LogP contribution in [0, 0.1) is 5.92 Å². The highest BCUT2D eigenvalue weighted by atomic mass is 35.5. The number of nitrogens with two attached hydrogens (primary N) is 1. The molecule has 0 saturated carbocycles. The average Bonchev–Trinajstić information content (AvgIpc) is 2.55. The fourth-order valence-corrected chi connectivity index (χ4v) is 2.64. The molecule has 3 N–H and O–H groups in total. The van der Waals surface area contributed by atoms with Gasteiger partial charge < -0.3 is 20.5 Å². The molecule has 0 bridgehead atoms. The van der Waals surface area contributed by atoms with Gasteiger partial charge in [-0.1, -0.05) is 18.2 Å². The van der Waals surface area contributed by atoms with Crippen molar-refractivity contribution in [3.8, 4) is 5.75 Å². The van der Waals surface area contributed by atoms with E-state index in [1.165, 1.54) is 0 Å². The number of para-hydroxylation sites is 1. The molecule has 124 valence electrons. The normalized spacial score (nSPS) is 16.5. The van der Waals surface area contributed by atoms with Crippen LogP contribution in [0.1, 0.15) is 18.4 Å². The van der Waals surface area contributed by atoms with Gasteiger partial charge in [-0.25, -0.2) is 0 Å². The number of methoxy groups -OCH3 is 1. The van der Waals surface area contributed by atoms with E-state index in [9.17, 15) is 4.79 Å². The molecule has 1 aromatic rings. The monoisotopic (exact) mass is 328 g/mol. The Morgan fingerprint density at radius 3 is 2.77 bits per heavy atom. The molecule has 1 atom stereocenters. The maximum absolute atomic E-state index is 12.1. The van der Waals surface area contributed by atoms with E-state index in [1.54, 1.807) is 7.11 Å². The molecular formula is C16H25ClN2O3. The van der Waals surface area contributed by atoms with Gasteiger partial charge in [-0.3, -0.25) is 4.79 Å². The number of rotatable bonds is 6. The van der Waals surface area contributed by atoms with Crippen molar-refractivity contribution in [2.24, 2.45) is 11.7 Å². The fourth-order valence-electron chi connectivity index (χ4n) is 2.64. The molecule has 0 spiro atoms. The summed E-state index contributed by atoms with van der Waals surface area (Å²) >= 11 is 0. The lowest BCUT2D eigenvalue weighted by Gasteiger charge is -2.26. The predicted octanol–water partition coefficient (Wildman–Crippen LogP) is 1.53. The van der Waals surface area contributed by atoms with Crippen molar-refractivity contribution in [1.82, 2.24) is 5.32 Å². The van der Waals surface area contributed by atoms with E-state index in [4.69, 9.17) is 15.2 Å². The van der Waals surface area contributed by atoms with Crippen molar-refractivity contribution in [2.75, 3.05) is 26.9 Å². The van der Waals surface area contributed by atoms with Crippen LogP contribution in [-0.4, -0.2) is 38.8 Å². The Hall–Kier alpha value is -1.30. The molecular weight excluding hydrogens is 304 g/mol. The molecule has 1 fully saturated rings. The van der Waals surface area contributed by atoms with Crippen molar-refractivity contribution in [2.45, 2.75) is 25.3 Å². The van der Waals surface area contributed by atoms with Gasteiger partial charge >= 0.3 is 0 Å². The largest absolute Gasteiger partial charge is 0.496 e. The molecule has 0 aromatic heterocycles. The molecule has 1 heterocycles. The second-order valence-electron chi connectivity index (χ2n) is 5.33. The molecule has 22 heavy (non-hydrogen) atoms. The van der Waals surface area contributed by atoms with Crippen molar-refractivity contribution in [3.05, 3.63) is 29.8 Å². The number of carbonyl (C=O) groups excluding carboxylic acids is 1. The summed E-state index contributed by atoms with van der Waals surface area (Å²) < 4.78 is 10.6. The number of ether oxygens (including phenoxy) is 2. The highest BCUT2D eigenvalue weighted by Crippen LogP contribution is 2.18. The number of hydrogen-bond acceptors (Lipinski definition) is 4. The minimum atomic E-state index is -0.438. The van der Waals surface area contributed by atoms with Crippen molar-refractivity contribution >= 4 is 18.3 Å². The molecule has 1 aliphatic heterocycles. The van der Waals surface area contributed by atoms with Gasteiger partial charge in [0.1, 0.15) is 5.75 Å². The molecule has 0 aliphatic carbocycles. The predicted molar refractivity (Wildman–Crippen MR) is 88.5 cm³/mol. The molecule has 1 aliphatic rings. The molecule has 1 amide bonds. The molecule has 1 unspecified atom stereocenters. The van der Waals surface area contributed by atoms with E-state index < -0.39 is 6.04 Å². The summed E-state index contributed by atoms with van der Waals surface area (Å²) in [5, 5.41) is 2.92. The molecule has 6 heteroatoms. The zero-order chi connectivity index (χ0) is 15.1. The van der Waals surface area contributed by atoms with Crippen LogP contribution in [0.2, 0.25) is 0 Å². The van der Waals surface area contributed by atoms with Crippen LogP contribution in [0.25, 0.3) is 0 Å². The third-order valence-corrected chi connectivity index (χ3v) is 3.96. The Labute approximate surface area is 138 Å². The third kappa shape index (κ3) is 5.16. The first-order chi connectivity index (χ1) is 10.2. The van der Waals surface area contributed by atoms with Crippen LogP contribution in [0.15, 0.2) is 24.3 Å². The van der Waals surface area contributed by atoms with Crippen LogP contribution >= 0.6 is 12.4 Å². The van der Waals surface area contributed by atoms with Crippen LogP contribution in [0.3, 0.4) is 0 Å². The van der Waals surface area contributed by atoms with Gasteiger partial charge in [0, 0.05) is 19.8 Å². The number of carbonyl (C=O) groups is 1. The van der Waals surface area contributed by atoms with Gasteiger partial charge in [-0.2, -0.15) is 0 Å². The number of halogens is 1. The minimum Gasteiger partial charge on any atom is -0.496 e. The van der Waals surface area contributed by atoms with Gasteiger partial charge in [0.25, 0.3) is 0 Å². The Morgan fingerprint density at radius 1 is 1.41 bits per heavy atom. The van der Waals surface area contributed by atoms with Gasteiger partial charge in [0.05, 0.1) is 13.2 Å². The molecule has 0 radical (unpaired) electrons. The van der Waals surface area contributed by atoms with Crippen molar-refractivity contribution in [3.63, 3.8) is 0 Å². The van der Waals surface area contributed by atoms with E-state index in [0.29, 0.717) is 19.8 Å². The average molecular weight is 329 g/mol. The number of hydrogen-bond donors (Lipinski definition) is 2. The van der Waals surface area contributed by atoms with Gasteiger partial charge in [-0.15, -0.1) is 12.4 Å². The summed E-state index contributed by atoms with van der Waals surface area (Å²) in [6.45, 7) is 1.97. The van der Waals surface area contributed by atoms with Gasteiger partial charge in [0.15, 0.2) is 0 Å². The highest BCUT2D eigenvalue weighted by Gasteiger charge is 2.26. The first-order valence-electron chi connectivity index (χ1n) is 7.45. The molecule has 5 nitrogen and oxygen atoms in total. The van der Waals surface area contributed by atoms with Crippen LogP contribution in [0.4, 0.5) is 0 Å². The number of amides is 1. The first-order valence-corrected chi connectivity index (χ1v) is 7.45. The van der Waals surface area contributed by atoms with Crippen LogP contribution < -0.4 is 15.8 Å². The van der Waals surface area contributed by atoms with E-state index in [2.05, 4.69) is 5.32 Å². The Balaban J connectivity index is 0.00000242. The second-order valence-corrected chi connectivity index (χ2v) is 5.33. The summed E-state index contributed by atoms with van der Waals surface area (Å²) in [5.41, 5.74) is 7.12. The molecule has 1 saturated heterocycles. The summed E-state index contributed by atoms with van der Waals surface area (Å²) in [6, 6.07) is 7.38. The standard InChI is InChI=1S/C16H24N2O3.ClH/c1-20-14-5-3-2-4-12(14)6-9-18-16(19)15(17)13-7-10-21-11-8-13;/h2-5,13,15H,6-11,17H2,1H3,(H,18,19);1H. The lowest BCUT2D eigenvalue weighted by atomic mass is 9.92. The van der Waals surface area contributed by atoms with Crippen molar-refractivity contribution < 1.29 is 14.3 Å².